The average molecular weight is 521 g/mol. The molecule has 0 amide bonds. The van der Waals surface area contributed by atoms with Gasteiger partial charge in [0, 0.05) is 49.6 Å². The Morgan fingerprint density at radius 3 is 3.03 bits per heavy atom. The molecule has 1 fully saturated rings. The number of nitrogens with one attached hydrogen (secondary N) is 2. The molecule has 3 aromatic heterocycles. The number of likely N-dealkylation sites (N-methyl/N-ethyl adjacent to an activating group) is 1. The number of H-pyrrole nitrogens is 1. The van der Waals surface area contributed by atoms with Crippen molar-refractivity contribution in [1.29, 1.82) is 0 Å². The lowest BCUT2D eigenvalue weighted by molar-refractivity contribution is 0.101. The third kappa shape index (κ3) is 6.47. The van der Waals surface area contributed by atoms with Gasteiger partial charge in [0.05, 0.1) is 18.0 Å². The smallest absolute Gasteiger partial charge is 0.419 e. The van der Waals surface area contributed by atoms with Gasteiger partial charge in [-0.05, 0) is 63.4 Å². The molecule has 0 radical (unpaired) electrons. The molecule has 11 nitrogen and oxygen atoms in total. The number of aromatic nitrogens is 5. The highest BCUT2D eigenvalue weighted by Gasteiger charge is 2.30. The van der Waals surface area contributed by atoms with Crippen molar-refractivity contribution < 1.29 is 14.3 Å². The molecule has 0 spiro atoms. The van der Waals surface area contributed by atoms with Gasteiger partial charge in [-0.2, -0.15) is 5.10 Å². The van der Waals surface area contributed by atoms with Crippen LogP contribution in [0.15, 0.2) is 43.0 Å². The number of ether oxygens (including phenoxy) is 2. The number of nitrogens with two attached hydrogens (primary N) is 1. The number of pyridine rings is 1. The van der Waals surface area contributed by atoms with Crippen molar-refractivity contribution >= 4 is 23.3 Å². The fourth-order valence-electron chi connectivity index (χ4n) is 4.98. The van der Waals surface area contributed by atoms with Crippen LogP contribution in [0.1, 0.15) is 55.0 Å². The van der Waals surface area contributed by atoms with E-state index in [4.69, 9.17) is 20.2 Å². The third-order valence-electron chi connectivity index (χ3n) is 7.11. The van der Waals surface area contributed by atoms with Crippen LogP contribution in [0.25, 0.3) is 5.57 Å². The molecular weight excluding hydrogens is 484 g/mol. The number of hydrogen-bond acceptors (Lipinski definition) is 9. The molecule has 1 aliphatic heterocycles. The van der Waals surface area contributed by atoms with Gasteiger partial charge in [0.15, 0.2) is 0 Å². The Morgan fingerprint density at radius 1 is 1.32 bits per heavy atom. The molecule has 4 N–H and O–H groups in total. The van der Waals surface area contributed by atoms with Crippen molar-refractivity contribution in [3.05, 3.63) is 59.9 Å². The Bertz CT molecular complexity index is 1240. The Morgan fingerprint density at radius 2 is 2.24 bits per heavy atom. The van der Waals surface area contributed by atoms with Crippen LogP contribution in [-0.2, 0) is 16.1 Å². The summed E-state index contributed by atoms with van der Waals surface area (Å²) in [6.07, 6.45) is 10.6. The van der Waals surface area contributed by atoms with Crippen LogP contribution in [0.4, 0.5) is 16.4 Å². The molecule has 3 aromatic rings. The summed E-state index contributed by atoms with van der Waals surface area (Å²) < 4.78 is 12.9. The number of imidazole rings is 1. The summed E-state index contributed by atoms with van der Waals surface area (Å²) in [5.74, 6) is 1.72. The molecule has 38 heavy (non-hydrogen) atoms. The van der Waals surface area contributed by atoms with Gasteiger partial charge < -0.3 is 25.4 Å². The van der Waals surface area contributed by atoms with E-state index in [0.717, 1.165) is 73.8 Å². The summed E-state index contributed by atoms with van der Waals surface area (Å²) in [5.41, 5.74) is 9.94. The monoisotopic (exact) mass is 520 g/mol. The first-order chi connectivity index (χ1) is 18.6. The first-order valence-corrected chi connectivity index (χ1v) is 13.3. The molecule has 1 unspecified atom stereocenters. The molecular formula is C27H36N8O3. The van der Waals surface area contributed by atoms with Gasteiger partial charge in [0.2, 0.25) is 0 Å². The highest BCUT2D eigenvalue weighted by Crippen LogP contribution is 2.36. The predicted molar refractivity (Wildman–Crippen MR) is 144 cm³/mol. The molecule has 0 saturated heterocycles. The fourth-order valence-corrected chi connectivity index (χ4v) is 4.98. The van der Waals surface area contributed by atoms with Crippen molar-refractivity contribution in [2.45, 2.75) is 50.7 Å². The molecule has 5 rings (SSSR count). The molecule has 1 saturated carbocycles. The maximum Gasteiger partial charge on any atom is 0.419 e. The molecule has 0 aromatic carbocycles. The number of carbonyl (C=O) groups is 1. The summed E-state index contributed by atoms with van der Waals surface area (Å²) in [5, 5.41) is 11.0. The summed E-state index contributed by atoms with van der Waals surface area (Å²) in [6, 6.07) is 6.14. The number of carbonyl (C=O) groups excluding carboxylic acids is 1. The van der Waals surface area contributed by atoms with Gasteiger partial charge in [0.1, 0.15) is 24.1 Å². The normalized spacial score (nSPS) is 19.9. The minimum Gasteiger partial charge on any atom is -0.446 e. The highest BCUT2D eigenvalue weighted by atomic mass is 16.6. The topological polar surface area (TPSA) is 136 Å². The van der Waals surface area contributed by atoms with E-state index in [2.05, 4.69) is 44.6 Å². The van der Waals surface area contributed by atoms with E-state index in [1.54, 1.807) is 12.4 Å². The van der Waals surface area contributed by atoms with Crippen LogP contribution in [0, 0.1) is 0 Å². The van der Waals surface area contributed by atoms with Crippen molar-refractivity contribution in [3.63, 3.8) is 0 Å². The summed E-state index contributed by atoms with van der Waals surface area (Å²) in [4.78, 5) is 23.3. The Balaban J connectivity index is 1.23. The van der Waals surface area contributed by atoms with E-state index < -0.39 is 6.09 Å². The first-order valence-electron chi connectivity index (χ1n) is 13.3. The molecule has 1 aliphatic carbocycles. The maximum absolute atomic E-state index is 12.2. The molecule has 0 bridgehead atoms. The van der Waals surface area contributed by atoms with E-state index >= 15 is 0 Å². The highest BCUT2D eigenvalue weighted by molar-refractivity contribution is 5.70. The summed E-state index contributed by atoms with van der Waals surface area (Å²) in [6.45, 7) is 3.62. The van der Waals surface area contributed by atoms with Crippen LogP contribution in [0.5, 0.6) is 0 Å². The zero-order valence-electron chi connectivity index (χ0n) is 21.8. The lowest BCUT2D eigenvalue weighted by Crippen LogP contribution is -2.24. The second kappa shape index (κ2) is 12.3. The average Bonchev–Trinajstić information content (AvgIpc) is 3.70. The number of rotatable bonds is 10. The molecule has 11 heteroatoms. The Kier molecular flexibility index (Phi) is 8.47. The Hall–Kier alpha value is -3.54. The zero-order valence-corrected chi connectivity index (χ0v) is 21.8. The standard InChI is InChI=1S/C27H36N8O3/c1-34-11-7-19(8-12-34)22-5-6-25(30-24(22)17-37-14-2-9-28)31-26-16-23(32-33-26)20-3-4-21(15-20)38-27(36)35-13-10-29-18-35/h5-7,10,13,16,18,20-21H,2-4,8-9,11-12,14-15,17,28H2,1H3,(H2,30,31,32,33)/t20-,21?/m0/s1. The summed E-state index contributed by atoms with van der Waals surface area (Å²) in [7, 11) is 2.13. The SMILES string of the molecule is CN1CC=C(c2ccc(Nc3cc([C@H]4CCC(OC(=O)n5ccnc5)C4)n[nH]3)nc2COCCCN)CC1. The predicted octanol–water partition coefficient (Wildman–Crippen LogP) is 3.65. The lowest BCUT2D eigenvalue weighted by atomic mass is 9.98. The number of nitrogens with zero attached hydrogens (tertiary/aromatic N) is 5. The van der Waals surface area contributed by atoms with Gasteiger partial charge in [-0.25, -0.2) is 19.3 Å². The van der Waals surface area contributed by atoms with Crippen LogP contribution in [0.3, 0.4) is 0 Å². The Labute approximate surface area is 222 Å². The van der Waals surface area contributed by atoms with E-state index in [1.807, 2.05) is 12.1 Å². The lowest BCUT2D eigenvalue weighted by Gasteiger charge is -2.23. The second-order valence-corrected chi connectivity index (χ2v) is 9.94. The molecule has 4 heterocycles. The minimum atomic E-state index is -0.397. The number of hydrogen-bond donors (Lipinski definition) is 3. The van der Waals surface area contributed by atoms with Gasteiger partial charge in [-0.15, -0.1) is 0 Å². The molecule has 2 atom stereocenters. The molecule has 2 aliphatic rings. The van der Waals surface area contributed by atoms with Crippen LogP contribution in [0.2, 0.25) is 0 Å². The van der Waals surface area contributed by atoms with Crippen LogP contribution < -0.4 is 11.1 Å². The first kappa shape index (κ1) is 26.1. The second-order valence-electron chi connectivity index (χ2n) is 9.94. The van der Waals surface area contributed by atoms with Gasteiger partial charge in [-0.3, -0.25) is 5.10 Å². The quantitative estimate of drug-likeness (QED) is 0.342. The van der Waals surface area contributed by atoms with Gasteiger partial charge in [0.25, 0.3) is 0 Å². The third-order valence-corrected chi connectivity index (χ3v) is 7.11. The van der Waals surface area contributed by atoms with Crippen molar-refractivity contribution in [2.75, 3.05) is 38.6 Å². The van der Waals surface area contributed by atoms with E-state index in [-0.39, 0.29) is 12.0 Å². The van der Waals surface area contributed by atoms with E-state index in [9.17, 15) is 4.79 Å². The van der Waals surface area contributed by atoms with Crippen molar-refractivity contribution in [1.82, 2.24) is 29.6 Å². The van der Waals surface area contributed by atoms with Gasteiger partial charge >= 0.3 is 6.09 Å². The van der Waals surface area contributed by atoms with E-state index in [0.29, 0.717) is 19.8 Å². The van der Waals surface area contributed by atoms with Crippen molar-refractivity contribution in [2.24, 2.45) is 5.73 Å². The molecule has 202 valence electrons. The maximum atomic E-state index is 12.2. The minimum absolute atomic E-state index is 0.132. The summed E-state index contributed by atoms with van der Waals surface area (Å²) >= 11 is 0. The largest absolute Gasteiger partial charge is 0.446 e. The fraction of sp³-hybridized carbons (Fsp3) is 0.481. The van der Waals surface area contributed by atoms with E-state index in [1.165, 1.54) is 16.5 Å². The van der Waals surface area contributed by atoms with Crippen LogP contribution in [-0.4, -0.2) is 75.1 Å². The van der Waals surface area contributed by atoms with Crippen LogP contribution >= 0.6 is 0 Å². The van der Waals surface area contributed by atoms with Gasteiger partial charge in [-0.1, -0.05) is 6.08 Å². The van der Waals surface area contributed by atoms with Crippen molar-refractivity contribution in [3.8, 4) is 0 Å². The number of aromatic amines is 1. The number of anilines is 2. The zero-order chi connectivity index (χ0) is 26.3.